The fourth-order valence-electron chi connectivity index (χ4n) is 1.92. The molecule has 0 bridgehead atoms. The Morgan fingerprint density at radius 1 is 1.50 bits per heavy atom. The number of ether oxygens (including phenoxy) is 1. The zero-order valence-corrected chi connectivity index (χ0v) is 8.02. The monoisotopic (exact) mass is 199 g/mol. The number of hydrogen-bond donors (Lipinski definition) is 1. The third-order valence-corrected chi connectivity index (χ3v) is 2.96. The number of aliphatic carboxylic acids is 1. The lowest BCUT2D eigenvalue weighted by Gasteiger charge is -2.38. The Hall–Kier alpha value is -1.10. The predicted molar refractivity (Wildman–Crippen MR) is 46.7 cm³/mol. The van der Waals surface area contributed by atoms with Gasteiger partial charge in [-0.05, 0) is 12.8 Å². The highest BCUT2D eigenvalue weighted by molar-refractivity contribution is 5.78. The molecule has 1 spiro atoms. The van der Waals surface area contributed by atoms with Gasteiger partial charge in [0.15, 0.2) is 6.10 Å². The average molecular weight is 199 g/mol. The summed E-state index contributed by atoms with van der Waals surface area (Å²) in [6.07, 6.45) is 1.00. The first kappa shape index (κ1) is 9.45. The number of carbonyl (C=O) groups is 2. The molecule has 1 heterocycles. The minimum absolute atomic E-state index is 0.0583. The van der Waals surface area contributed by atoms with E-state index in [1.165, 1.54) is 6.92 Å². The number of carbonyl (C=O) groups excluding carboxylic acids is 1. The largest absolute Gasteiger partial charge is 0.479 e. The topological polar surface area (TPSA) is 66.8 Å². The van der Waals surface area contributed by atoms with E-state index in [4.69, 9.17) is 9.84 Å². The van der Waals surface area contributed by atoms with Crippen LogP contribution >= 0.6 is 0 Å². The van der Waals surface area contributed by atoms with E-state index in [0.717, 1.165) is 12.8 Å². The van der Waals surface area contributed by atoms with Crippen LogP contribution in [0.3, 0.4) is 0 Å². The molecule has 1 amide bonds. The summed E-state index contributed by atoms with van der Waals surface area (Å²) in [5.74, 6) is -1.05. The van der Waals surface area contributed by atoms with Crippen LogP contribution in [-0.4, -0.2) is 46.7 Å². The molecule has 1 aliphatic heterocycles. The third-order valence-electron chi connectivity index (χ3n) is 2.96. The molecule has 1 saturated heterocycles. The van der Waals surface area contributed by atoms with Gasteiger partial charge in [-0.1, -0.05) is 0 Å². The van der Waals surface area contributed by atoms with E-state index in [1.807, 2.05) is 0 Å². The van der Waals surface area contributed by atoms with Gasteiger partial charge in [0.2, 0.25) is 5.91 Å². The van der Waals surface area contributed by atoms with Crippen molar-refractivity contribution < 1.29 is 19.4 Å². The van der Waals surface area contributed by atoms with Crippen molar-refractivity contribution in [3.63, 3.8) is 0 Å². The summed E-state index contributed by atoms with van der Waals surface area (Å²) < 4.78 is 5.20. The molecule has 14 heavy (non-hydrogen) atoms. The zero-order chi connectivity index (χ0) is 10.3. The second kappa shape index (κ2) is 2.95. The van der Waals surface area contributed by atoms with E-state index in [-0.39, 0.29) is 18.0 Å². The molecule has 0 aromatic heterocycles. The second-order valence-corrected chi connectivity index (χ2v) is 3.99. The van der Waals surface area contributed by atoms with Crippen LogP contribution in [0.2, 0.25) is 0 Å². The van der Waals surface area contributed by atoms with Crippen LogP contribution in [0, 0.1) is 0 Å². The van der Waals surface area contributed by atoms with E-state index in [1.54, 1.807) is 4.90 Å². The standard InChI is InChI=1S/C9H13NO4/c1-6(11)10-4-7(8(12)13)14-5-9(10)2-3-9/h7H,2-5H2,1H3,(H,12,13). The van der Waals surface area contributed by atoms with Gasteiger partial charge in [0.1, 0.15) is 0 Å². The smallest absolute Gasteiger partial charge is 0.334 e. The van der Waals surface area contributed by atoms with Gasteiger partial charge in [-0.15, -0.1) is 0 Å². The fourth-order valence-corrected chi connectivity index (χ4v) is 1.92. The molecule has 5 heteroatoms. The zero-order valence-electron chi connectivity index (χ0n) is 8.02. The van der Waals surface area contributed by atoms with E-state index >= 15 is 0 Å². The maximum Gasteiger partial charge on any atom is 0.334 e. The average Bonchev–Trinajstić information content (AvgIpc) is 2.85. The van der Waals surface area contributed by atoms with Crippen LogP contribution in [0.15, 0.2) is 0 Å². The molecular formula is C9H13NO4. The molecule has 1 N–H and O–H groups in total. The SMILES string of the molecule is CC(=O)N1CC(C(=O)O)OCC12CC2. The van der Waals surface area contributed by atoms with E-state index in [2.05, 4.69) is 0 Å². The number of carboxylic acids is 1. The molecule has 0 radical (unpaired) electrons. The van der Waals surface area contributed by atoms with Crippen molar-refractivity contribution in [1.82, 2.24) is 4.90 Å². The Kier molecular flexibility index (Phi) is 1.99. The van der Waals surface area contributed by atoms with Crippen LogP contribution in [0.4, 0.5) is 0 Å². The highest BCUT2D eigenvalue weighted by Crippen LogP contribution is 2.44. The van der Waals surface area contributed by atoms with Crippen LogP contribution in [0.5, 0.6) is 0 Å². The van der Waals surface area contributed by atoms with Crippen LogP contribution < -0.4 is 0 Å². The summed E-state index contributed by atoms with van der Waals surface area (Å²) in [5, 5.41) is 8.77. The summed E-state index contributed by atoms with van der Waals surface area (Å²) in [6.45, 7) is 2.03. The first-order valence-electron chi connectivity index (χ1n) is 4.68. The van der Waals surface area contributed by atoms with Crippen molar-refractivity contribution in [1.29, 1.82) is 0 Å². The molecule has 78 valence electrons. The lowest BCUT2D eigenvalue weighted by molar-refractivity contribution is -0.165. The first-order chi connectivity index (χ1) is 6.55. The highest BCUT2D eigenvalue weighted by atomic mass is 16.5. The van der Waals surface area contributed by atoms with Crippen LogP contribution in [0.25, 0.3) is 0 Å². The molecular weight excluding hydrogens is 186 g/mol. The quantitative estimate of drug-likeness (QED) is 0.637. The summed E-state index contributed by atoms with van der Waals surface area (Å²) in [6, 6.07) is 0. The van der Waals surface area contributed by atoms with Gasteiger partial charge in [0, 0.05) is 6.92 Å². The Bertz CT molecular complexity index is 285. The molecule has 2 rings (SSSR count). The van der Waals surface area contributed by atoms with Gasteiger partial charge in [-0.3, -0.25) is 4.79 Å². The number of amides is 1. The molecule has 1 saturated carbocycles. The first-order valence-corrected chi connectivity index (χ1v) is 4.68. The van der Waals surface area contributed by atoms with Gasteiger partial charge in [0.05, 0.1) is 18.7 Å². The molecule has 1 atom stereocenters. The third kappa shape index (κ3) is 1.37. The van der Waals surface area contributed by atoms with Crippen LogP contribution in [0.1, 0.15) is 19.8 Å². The second-order valence-electron chi connectivity index (χ2n) is 3.99. The van der Waals surface area contributed by atoms with Crippen molar-refractivity contribution >= 4 is 11.9 Å². The van der Waals surface area contributed by atoms with Gasteiger partial charge in [0.25, 0.3) is 0 Å². The lowest BCUT2D eigenvalue weighted by atomic mass is 10.1. The summed E-state index contributed by atoms with van der Waals surface area (Å²) in [7, 11) is 0. The van der Waals surface area contributed by atoms with Gasteiger partial charge in [-0.2, -0.15) is 0 Å². The summed E-state index contributed by atoms with van der Waals surface area (Å²) in [4.78, 5) is 23.6. The summed E-state index contributed by atoms with van der Waals surface area (Å²) >= 11 is 0. The fraction of sp³-hybridized carbons (Fsp3) is 0.778. The van der Waals surface area contributed by atoms with Crippen molar-refractivity contribution in [2.45, 2.75) is 31.4 Å². The molecule has 0 aromatic carbocycles. The molecule has 1 aliphatic carbocycles. The van der Waals surface area contributed by atoms with Gasteiger partial charge < -0.3 is 14.7 Å². The molecule has 5 nitrogen and oxygen atoms in total. The summed E-state index contributed by atoms with van der Waals surface area (Å²) in [5.41, 5.74) is -0.169. The van der Waals surface area contributed by atoms with Gasteiger partial charge in [-0.25, -0.2) is 4.79 Å². The van der Waals surface area contributed by atoms with Crippen molar-refractivity contribution in [2.75, 3.05) is 13.2 Å². The molecule has 2 fully saturated rings. The predicted octanol–water partition coefficient (Wildman–Crippen LogP) is -0.149. The Balaban J connectivity index is 2.10. The number of morpholine rings is 1. The minimum Gasteiger partial charge on any atom is -0.479 e. The maximum atomic E-state index is 11.3. The Labute approximate surface area is 81.6 Å². The van der Waals surface area contributed by atoms with E-state index in [9.17, 15) is 9.59 Å². The lowest BCUT2D eigenvalue weighted by Crippen LogP contribution is -2.55. The van der Waals surface area contributed by atoms with Crippen molar-refractivity contribution in [2.24, 2.45) is 0 Å². The van der Waals surface area contributed by atoms with Gasteiger partial charge >= 0.3 is 5.97 Å². The number of hydrogen-bond acceptors (Lipinski definition) is 3. The molecule has 0 aromatic rings. The normalized spacial score (nSPS) is 28.9. The number of nitrogens with zero attached hydrogens (tertiary/aromatic N) is 1. The van der Waals surface area contributed by atoms with E-state index in [0.29, 0.717) is 6.61 Å². The van der Waals surface area contributed by atoms with Crippen LogP contribution in [-0.2, 0) is 14.3 Å². The highest BCUT2D eigenvalue weighted by Gasteiger charge is 2.53. The van der Waals surface area contributed by atoms with Crippen molar-refractivity contribution in [3.8, 4) is 0 Å². The Morgan fingerprint density at radius 2 is 2.14 bits per heavy atom. The van der Waals surface area contributed by atoms with E-state index < -0.39 is 12.1 Å². The minimum atomic E-state index is -0.994. The number of carboxylic acid groups (broad SMARTS) is 1. The molecule has 1 unspecified atom stereocenters. The number of rotatable bonds is 1. The molecule has 2 aliphatic rings. The Morgan fingerprint density at radius 3 is 2.57 bits per heavy atom. The van der Waals surface area contributed by atoms with Crippen molar-refractivity contribution in [3.05, 3.63) is 0 Å². The maximum absolute atomic E-state index is 11.3.